The Hall–Kier alpha value is -1.15. The lowest BCUT2D eigenvalue weighted by atomic mass is 9.84. The number of Topliss-reactive ketones (excluding diaryl/α,β-unsaturated/α-hetero) is 1. The van der Waals surface area contributed by atoms with Crippen molar-refractivity contribution in [2.75, 3.05) is 7.05 Å². The number of carbonyl (C=O) groups excluding carboxylic acids is 1. The fraction of sp³-hybridized carbons (Fsp3) is 0.562. The Balaban J connectivity index is 3.17. The molecule has 0 radical (unpaired) electrons. The molecule has 1 N–H and O–H groups in total. The lowest BCUT2D eigenvalue weighted by Gasteiger charge is -2.24. The zero-order valence-electron chi connectivity index (χ0n) is 12.4. The van der Waals surface area contributed by atoms with Gasteiger partial charge in [-0.3, -0.25) is 4.79 Å². The molecule has 0 aliphatic heterocycles. The van der Waals surface area contributed by atoms with Crippen molar-refractivity contribution in [2.45, 2.75) is 52.5 Å². The van der Waals surface area contributed by atoms with Crippen LogP contribution in [0.5, 0.6) is 0 Å². The molecule has 0 bridgehead atoms. The van der Waals surface area contributed by atoms with Gasteiger partial charge < -0.3 is 5.32 Å². The van der Waals surface area contributed by atoms with Crippen LogP contribution in [-0.4, -0.2) is 12.8 Å². The van der Waals surface area contributed by atoms with Gasteiger partial charge in [0.2, 0.25) is 0 Å². The smallest absolute Gasteiger partial charge is 0.131 e. The molecule has 0 aromatic heterocycles. The molecule has 2 nitrogen and oxygen atoms in total. The van der Waals surface area contributed by atoms with Crippen molar-refractivity contribution in [1.29, 1.82) is 0 Å². The van der Waals surface area contributed by atoms with Gasteiger partial charge in [-0.2, -0.15) is 0 Å². The molecule has 0 saturated carbocycles. The summed E-state index contributed by atoms with van der Waals surface area (Å²) in [5.41, 5.74) is 3.92. The summed E-state index contributed by atoms with van der Waals surface area (Å²) in [5.74, 6) is 0.218. The number of aryl methyl sites for hydroxylation is 1. The monoisotopic (exact) mass is 247 g/mol. The van der Waals surface area contributed by atoms with Gasteiger partial charge in [-0.25, -0.2) is 0 Å². The van der Waals surface area contributed by atoms with Gasteiger partial charge in [0.1, 0.15) is 5.78 Å². The minimum atomic E-state index is 0.116. The molecular weight excluding hydrogens is 222 g/mol. The van der Waals surface area contributed by atoms with Gasteiger partial charge in [0.05, 0.1) is 0 Å². The number of carbonyl (C=O) groups is 1. The molecule has 0 spiro atoms. The van der Waals surface area contributed by atoms with E-state index in [2.05, 4.69) is 51.2 Å². The van der Waals surface area contributed by atoms with Crippen LogP contribution in [0.3, 0.4) is 0 Å². The lowest BCUT2D eigenvalue weighted by molar-refractivity contribution is -0.117. The highest BCUT2D eigenvalue weighted by Gasteiger charge is 2.19. The first kappa shape index (κ1) is 14.9. The highest BCUT2D eigenvalue weighted by molar-refractivity contribution is 5.76. The highest BCUT2D eigenvalue weighted by Crippen LogP contribution is 2.28. The first-order valence-corrected chi connectivity index (χ1v) is 6.53. The average molecular weight is 247 g/mol. The SMILES string of the molecule is CNC(CC(C)=O)c1cc(C(C)(C)C)ccc1C. The van der Waals surface area contributed by atoms with E-state index >= 15 is 0 Å². The topological polar surface area (TPSA) is 29.1 Å². The van der Waals surface area contributed by atoms with Crippen molar-refractivity contribution in [1.82, 2.24) is 5.32 Å². The summed E-state index contributed by atoms with van der Waals surface area (Å²) in [6.07, 6.45) is 0.547. The van der Waals surface area contributed by atoms with Crippen LogP contribution in [-0.2, 0) is 10.2 Å². The molecule has 1 rings (SSSR count). The van der Waals surface area contributed by atoms with Gasteiger partial charge in [0.15, 0.2) is 0 Å². The molecule has 1 unspecified atom stereocenters. The molecule has 2 heteroatoms. The summed E-state index contributed by atoms with van der Waals surface area (Å²) >= 11 is 0. The van der Waals surface area contributed by atoms with E-state index in [-0.39, 0.29) is 17.2 Å². The minimum absolute atomic E-state index is 0.116. The number of hydrogen-bond acceptors (Lipinski definition) is 2. The van der Waals surface area contributed by atoms with Crippen LogP contribution >= 0.6 is 0 Å². The van der Waals surface area contributed by atoms with E-state index in [4.69, 9.17) is 0 Å². The van der Waals surface area contributed by atoms with Gasteiger partial charge in [-0.05, 0) is 43.0 Å². The fourth-order valence-electron chi connectivity index (χ4n) is 2.14. The third-order valence-electron chi connectivity index (χ3n) is 3.36. The van der Waals surface area contributed by atoms with E-state index in [1.54, 1.807) is 6.92 Å². The van der Waals surface area contributed by atoms with Crippen LogP contribution < -0.4 is 5.32 Å². The predicted molar refractivity (Wildman–Crippen MR) is 77.0 cm³/mol. The van der Waals surface area contributed by atoms with E-state index in [9.17, 15) is 4.79 Å². The molecule has 0 heterocycles. The zero-order valence-corrected chi connectivity index (χ0v) is 12.4. The second kappa shape index (κ2) is 5.66. The summed E-state index contributed by atoms with van der Waals surface area (Å²) in [4.78, 5) is 11.3. The normalized spacial score (nSPS) is 13.4. The van der Waals surface area contributed by atoms with E-state index in [1.807, 2.05) is 7.05 Å². The maximum absolute atomic E-state index is 11.3. The molecule has 0 fully saturated rings. The van der Waals surface area contributed by atoms with Crippen molar-refractivity contribution >= 4 is 5.78 Å². The van der Waals surface area contributed by atoms with Gasteiger partial charge >= 0.3 is 0 Å². The van der Waals surface area contributed by atoms with Crippen LogP contribution in [0.1, 0.15) is 56.8 Å². The molecule has 1 aromatic rings. The van der Waals surface area contributed by atoms with Crippen molar-refractivity contribution in [2.24, 2.45) is 0 Å². The van der Waals surface area contributed by atoms with Gasteiger partial charge in [-0.15, -0.1) is 0 Å². The van der Waals surface area contributed by atoms with Crippen LogP contribution in [0.4, 0.5) is 0 Å². The quantitative estimate of drug-likeness (QED) is 0.882. The van der Waals surface area contributed by atoms with E-state index in [0.717, 1.165) is 0 Å². The Morgan fingerprint density at radius 3 is 2.39 bits per heavy atom. The number of benzene rings is 1. The summed E-state index contributed by atoms with van der Waals surface area (Å²) in [6.45, 7) is 10.4. The van der Waals surface area contributed by atoms with Crippen LogP contribution in [0.15, 0.2) is 18.2 Å². The Morgan fingerprint density at radius 1 is 1.33 bits per heavy atom. The molecule has 1 atom stereocenters. The molecule has 0 saturated heterocycles. The largest absolute Gasteiger partial charge is 0.313 e. The van der Waals surface area contributed by atoms with Crippen LogP contribution in [0.25, 0.3) is 0 Å². The fourth-order valence-corrected chi connectivity index (χ4v) is 2.14. The van der Waals surface area contributed by atoms with Crippen molar-refractivity contribution < 1.29 is 4.79 Å². The second-order valence-corrected chi connectivity index (χ2v) is 6.07. The molecule has 18 heavy (non-hydrogen) atoms. The maximum atomic E-state index is 11.3. The Labute approximate surface area is 111 Å². The molecule has 0 aliphatic carbocycles. The van der Waals surface area contributed by atoms with E-state index in [1.165, 1.54) is 16.7 Å². The highest BCUT2D eigenvalue weighted by atomic mass is 16.1. The molecule has 1 aromatic carbocycles. The number of hydrogen-bond donors (Lipinski definition) is 1. The van der Waals surface area contributed by atoms with E-state index < -0.39 is 0 Å². The molecule has 0 amide bonds. The first-order valence-electron chi connectivity index (χ1n) is 6.53. The van der Waals surface area contributed by atoms with Crippen molar-refractivity contribution in [3.8, 4) is 0 Å². The van der Waals surface area contributed by atoms with Crippen molar-refractivity contribution in [3.05, 3.63) is 34.9 Å². The Morgan fingerprint density at radius 2 is 1.94 bits per heavy atom. The third-order valence-corrected chi connectivity index (χ3v) is 3.36. The standard InChI is InChI=1S/C16H25NO/c1-11-7-8-13(16(3,4)5)10-14(11)15(17-6)9-12(2)18/h7-8,10,15,17H,9H2,1-6H3. The molecule has 100 valence electrons. The second-order valence-electron chi connectivity index (χ2n) is 6.07. The lowest BCUT2D eigenvalue weighted by Crippen LogP contribution is -2.21. The molecular formula is C16H25NO. The zero-order chi connectivity index (χ0) is 13.9. The van der Waals surface area contributed by atoms with Gasteiger partial charge in [0, 0.05) is 12.5 Å². The van der Waals surface area contributed by atoms with Crippen LogP contribution in [0, 0.1) is 6.92 Å². The third kappa shape index (κ3) is 3.67. The maximum Gasteiger partial charge on any atom is 0.131 e. The molecule has 0 aliphatic rings. The summed E-state index contributed by atoms with van der Waals surface area (Å²) in [5, 5.41) is 3.25. The number of rotatable bonds is 4. The first-order chi connectivity index (χ1) is 8.25. The van der Waals surface area contributed by atoms with Crippen molar-refractivity contribution in [3.63, 3.8) is 0 Å². The Kier molecular flexibility index (Phi) is 4.69. The van der Waals surface area contributed by atoms with Gasteiger partial charge in [-0.1, -0.05) is 39.0 Å². The average Bonchev–Trinajstić information content (AvgIpc) is 2.25. The minimum Gasteiger partial charge on any atom is -0.313 e. The number of nitrogens with one attached hydrogen (secondary N) is 1. The number of ketones is 1. The summed E-state index contributed by atoms with van der Waals surface area (Å²) in [7, 11) is 1.91. The van der Waals surface area contributed by atoms with E-state index in [0.29, 0.717) is 6.42 Å². The van der Waals surface area contributed by atoms with Crippen LogP contribution in [0.2, 0.25) is 0 Å². The predicted octanol–water partition coefficient (Wildman–Crippen LogP) is 3.53. The Bertz CT molecular complexity index is 429. The summed E-state index contributed by atoms with van der Waals surface area (Å²) < 4.78 is 0. The summed E-state index contributed by atoms with van der Waals surface area (Å²) in [6, 6.07) is 6.68. The van der Waals surface area contributed by atoms with Gasteiger partial charge in [0.25, 0.3) is 0 Å².